The number of benzene rings is 1. The molecule has 1 amide bonds. The van der Waals surface area contributed by atoms with Gasteiger partial charge in [-0.15, -0.1) is 17.0 Å². The Kier molecular flexibility index (Phi) is 3.47. The van der Waals surface area contributed by atoms with E-state index in [1.54, 1.807) is 5.01 Å². The van der Waals surface area contributed by atoms with E-state index in [0.717, 1.165) is 11.1 Å². The van der Waals surface area contributed by atoms with Crippen LogP contribution in [0, 0.1) is 5.41 Å². The van der Waals surface area contributed by atoms with Crippen LogP contribution in [0.25, 0.3) is 0 Å². The van der Waals surface area contributed by atoms with Gasteiger partial charge in [0.05, 0.1) is 6.54 Å². The zero-order valence-electron chi connectivity index (χ0n) is 8.28. The van der Waals surface area contributed by atoms with Crippen molar-refractivity contribution in [1.82, 2.24) is 10.4 Å². The van der Waals surface area contributed by atoms with E-state index < -0.39 is 0 Å². The monoisotopic (exact) mass is 269 g/mol. The van der Waals surface area contributed by atoms with E-state index in [1.165, 1.54) is 6.92 Å². The Bertz CT molecular complexity index is 405. The van der Waals surface area contributed by atoms with Crippen LogP contribution >= 0.6 is 17.0 Å². The van der Waals surface area contributed by atoms with Gasteiger partial charge < -0.3 is 0 Å². The number of nitrogens with one attached hydrogen (secondary N) is 2. The summed E-state index contributed by atoms with van der Waals surface area (Å²) in [4.78, 5) is 10.8. The molecular formula is C10H12BrN3O. The molecule has 80 valence electrons. The van der Waals surface area contributed by atoms with Crippen molar-refractivity contribution in [1.29, 1.82) is 5.41 Å². The van der Waals surface area contributed by atoms with E-state index in [9.17, 15) is 4.79 Å². The molecule has 0 unspecified atom stereocenters. The van der Waals surface area contributed by atoms with Crippen molar-refractivity contribution in [3.8, 4) is 0 Å². The summed E-state index contributed by atoms with van der Waals surface area (Å²) in [5.74, 6) is 0.207. The van der Waals surface area contributed by atoms with E-state index >= 15 is 0 Å². The molecule has 0 spiro atoms. The summed E-state index contributed by atoms with van der Waals surface area (Å²) in [6.45, 7) is 2.02. The summed E-state index contributed by atoms with van der Waals surface area (Å²) in [5.41, 5.74) is 4.57. The second-order valence-electron chi connectivity index (χ2n) is 3.26. The van der Waals surface area contributed by atoms with Crippen LogP contribution in [0.3, 0.4) is 0 Å². The Labute approximate surface area is 98.5 Å². The van der Waals surface area contributed by atoms with Gasteiger partial charge in [0.25, 0.3) is 0 Å². The average molecular weight is 270 g/mol. The third-order valence-corrected chi connectivity index (χ3v) is 2.16. The lowest BCUT2D eigenvalue weighted by atomic mass is 10.1. The van der Waals surface area contributed by atoms with Crippen molar-refractivity contribution < 1.29 is 4.79 Å². The second kappa shape index (κ2) is 4.44. The van der Waals surface area contributed by atoms with Crippen LogP contribution in [0.15, 0.2) is 24.3 Å². The first-order chi connectivity index (χ1) is 6.68. The standard InChI is InChI=1S/C10H11N3O.BrH/c1-7(14)12-13-6-8-4-2-3-5-9(8)10(13)11;/h2-5,11H,6H2,1H3,(H,12,14);1H. The quantitative estimate of drug-likeness (QED) is 0.811. The second-order valence-corrected chi connectivity index (χ2v) is 3.26. The van der Waals surface area contributed by atoms with Gasteiger partial charge >= 0.3 is 0 Å². The molecule has 1 aliphatic heterocycles. The van der Waals surface area contributed by atoms with Gasteiger partial charge in [-0.05, 0) is 5.56 Å². The maximum absolute atomic E-state index is 10.8. The Balaban J connectivity index is 0.00000112. The Morgan fingerprint density at radius 2 is 2.13 bits per heavy atom. The molecule has 0 atom stereocenters. The minimum absolute atomic E-state index is 0. The Morgan fingerprint density at radius 1 is 1.47 bits per heavy atom. The molecule has 4 nitrogen and oxygen atoms in total. The molecule has 1 heterocycles. The van der Waals surface area contributed by atoms with E-state index in [-0.39, 0.29) is 22.9 Å². The fourth-order valence-electron chi connectivity index (χ4n) is 1.57. The maximum atomic E-state index is 10.8. The van der Waals surface area contributed by atoms with Gasteiger partial charge in [0.1, 0.15) is 5.84 Å². The molecule has 0 fully saturated rings. The average Bonchev–Trinajstić information content (AvgIpc) is 2.44. The third kappa shape index (κ3) is 2.18. The minimum atomic E-state index is -0.150. The van der Waals surface area contributed by atoms with E-state index in [4.69, 9.17) is 5.41 Å². The van der Waals surface area contributed by atoms with Crippen LogP contribution in [-0.4, -0.2) is 16.8 Å². The van der Waals surface area contributed by atoms with Gasteiger partial charge in [0.2, 0.25) is 5.91 Å². The highest BCUT2D eigenvalue weighted by Crippen LogP contribution is 2.20. The maximum Gasteiger partial charge on any atom is 0.235 e. The highest BCUT2D eigenvalue weighted by Gasteiger charge is 2.23. The van der Waals surface area contributed by atoms with Gasteiger partial charge in [0.15, 0.2) is 0 Å². The molecule has 5 heteroatoms. The number of fused-ring (bicyclic) bond motifs is 1. The molecule has 0 aliphatic carbocycles. The van der Waals surface area contributed by atoms with Crippen LogP contribution < -0.4 is 5.43 Å². The van der Waals surface area contributed by atoms with Crippen molar-refractivity contribution in [2.45, 2.75) is 13.5 Å². The first-order valence-corrected chi connectivity index (χ1v) is 4.40. The fourth-order valence-corrected chi connectivity index (χ4v) is 1.57. The molecule has 0 aromatic heterocycles. The van der Waals surface area contributed by atoms with Crippen LogP contribution in [0.5, 0.6) is 0 Å². The van der Waals surface area contributed by atoms with Gasteiger partial charge in [0, 0.05) is 12.5 Å². The molecule has 15 heavy (non-hydrogen) atoms. The number of amidine groups is 1. The number of nitrogens with zero attached hydrogens (tertiary/aromatic N) is 1. The highest BCUT2D eigenvalue weighted by molar-refractivity contribution is 8.93. The smallest absolute Gasteiger partial charge is 0.235 e. The van der Waals surface area contributed by atoms with Gasteiger partial charge in [-0.2, -0.15) is 0 Å². The number of rotatable bonds is 1. The molecule has 2 N–H and O–H groups in total. The van der Waals surface area contributed by atoms with Crippen LogP contribution in [0.2, 0.25) is 0 Å². The minimum Gasteiger partial charge on any atom is -0.283 e. The molecule has 2 rings (SSSR count). The molecule has 0 radical (unpaired) electrons. The highest BCUT2D eigenvalue weighted by atomic mass is 79.9. The number of carbonyl (C=O) groups excluding carboxylic acids is 1. The lowest BCUT2D eigenvalue weighted by molar-refractivity contribution is -0.122. The number of hydrogen-bond donors (Lipinski definition) is 2. The molecule has 1 aromatic carbocycles. The van der Waals surface area contributed by atoms with Crippen LogP contribution in [0.4, 0.5) is 0 Å². The summed E-state index contributed by atoms with van der Waals surface area (Å²) in [5, 5.41) is 9.34. The Hall–Kier alpha value is -1.36. The summed E-state index contributed by atoms with van der Waals surface area (Å²) >= 11 is 0. The van der Waals surface area contributed by atoms with Crippen molar-refractivity contribution in [3.05, 3.63) is 35.4 Å². The first-order valence-electron chi connectivity index (χ1n) is 4.40. The molecule has 0 bridgehead atoms. The number of hydrazine groups is 1. The topological polar surface area (TPSA) is 56.2 Å². The van der Waals surface area contributed by atoms with E-state index in [2.05, 4.69) is 5.43 Å². The molecule has 0 saturated heterocycles. The Morgan fingerprint density at radius 3 is 2.73 bits per heavy atom. The van der Waals surface area contributed by atoms with Crippen molar-refractivity contribution in [2.75, 3.05) is 0 Å². The van der Waals surface area contributed by atoms with E-state index in [0.29, 0.717) is 12.4 Å². The van der Waals surface area contributed by atoms with Crippen molar-refractivity contribution in [2.24, 2.45) is 0 Å². The largest absolute Gasteiger partial charge is 0.283 e. The number of carbonyl (C=O) groups is 1. The number of hydrogen-bond acceptors (Lipinski definition) is 2. The zero-order chi connectivity index (χ0) is 10.1. The number of halogens is 1. The summed E-state index contributed by atoms with van der Waals surface area (Å²) in [6, 6.07) is 7.68. The van der Waals surface area contributed by atoms with Gasteiger partial charge in [-0.3, -0.25) is 20.6 Å². The van der Waals surface area contributed by atoms with Crippen LogP contribution in [-0.2, 0) is 11.3 Å². The lowest BCUT2D eigenvalue weighted by Gasteiger charge is -2.17. The van der Waals surface area contributed by atoms with Crippen LogP contribution in [0.1, 0.15) is 18.1 Å². The zero-order valence-corrected chi connectivity index (χ0v) is 9.99. The molecule has 1 aliphatic rings. The predicted octanol–water partition coefficient (Wildman–Crippen LogP) is 1.46. The molecule has 1 aromatic rings. The predicted molar refractivity (Wildman–Crippen MR) is 63.0 cm³/mol. The van der Waals surface area contributed by atoms with Gasteiger partial charge in [-0.25, -0.2) is 0 Å². The third-order valence-electron chi connectivity index (χ3n) is 2.16. The fraction of sp³-hybridized carbons (Fsp3) is 0.200. The summed E-state index contributed by atoms with van der Waals surface area (Å²) in [6.07, 6.45) is 0. The summed E-state index contributed by atoms with van der Waals surface area (Å²) < 4.78 is 0. The molecule has 0 saturated carbocycles. The lowest BCUT2D eigenvalue weighted by Crippen LogP contribution is -2.40. The van der Waals surface area contributed by atoms with Crippen molar-refractivity contribution >= 4 is 28.7 Å². The molecular weight excluding hydrogens is 258 g/mol. The van der Waals surface area contributed by atoms with E-state index in [1.807, 2.05) is 24.3 Å². The first kappa shape index (κ1) is 11.7. The number of amides is 1. The SMILES string of the molecule is Br.CC(=O)NN1Cc2ccccc2C1=N. The van der Waals surface area contributed by atoms with Crippen molar-refractivity contribution in [3.63, 3.8) is 0 Å². The summed E-state index contributed by atoms with van der Waals surface area (Å²) in [7, 11) is 0. The normalized spacial score (nSPS) is 13.1. The van der Waals surface area contributed by atoms with Gasteiger partial charge in [-0.1, -0.05) is 24.3 Å².